The largest absolute Gasteiger partial charge is 0.480 e. The molecular formula is C9H10N4O2. The summed E-state index contributed by atoms with van der Waals surface area (Å²) in [5, 5.41) is 11.2. The van der Waals surface area contributed by atoms with E-state index in [0.29, 0.717) is 5.95 Å². The Labute approximate surface area is 85.6 Å². The highest BCUT2D eigenvalue weighted by Gasteiger charge is 2.08. The monoisotopic (exact) mass is 206 g/mol. The van der Waals surface area contributed by atoms with Crippen molar-refractivity contribution in [3.63, 3.8) is 0 Å². The highest BCUT2D eigenvalue weighted by molar-refractivity contribution is 5.76. The van der Waals surface area contributed by atoms with Crippen LogP contribution in [-0.2, 0) is 11.8 Å². The molecule has 6 nitrogen and oxygen atoms in total. The van der Waals surface area contributed by atoms with Crippen molar-refractivity contribution < 1.29 is 9.90 Å². The van der Waals surface area contributed by atoms with Gasteiger partial charge in [-0.2, -0.15) is 0 Å². The highest BCUT2D eigenvalue weighted by atomic mass is 16.4. The number of aromatic nitrogens is 3. The van der Waals surface area contributed by atoms with Gasteiger partial charge in [0.15, 0.2) is 5.65 Å². The quantitative estimate of drug-likeness (QED) is 0.762. The zero-order valence-electron chi connectivity index (χ0n) is 8.14. The van der Waals surface area contributed by atoms with E-state index in [1.165, 1.54) is 0 Å². The molecule has 6 heteroatoms. The van der Waals surface area contributed by atoms with Gasteiger partial charge in [-0.1, -0.05) is 0 Å². The van der Waals surface area contributed by atoms with Gasteiger partial charge in [-0.3, -0.25) is 9.36 Å². The Morgan fingerprint density at radius 2 is 2.47 bits per heavy atom. The molecule has 0 amide bonds. The van der Waals surface area contributed by atoms with Gasteiger partial charge >= 0.3 is 5.97 Å². The van der Waals surface area contributed by atoms with Gasteiger partial charge in [-0.15, -0.1) is 0 Å². The molecule has 0 spiro atoms. The second-order valence-corrected chi connectivity index (χ2v) is 3.09. The van der Waals surface area contributed by atoms with Crippen LogP contribution in [0.25, 0.3) is 11.2 Å². The van der Waals surface area contributed by atoms with E-state index in [1.54, 1.807) is 23.9 Å². The predicted molar refractivity (Wildman–Crippen MR) is 54.6 cm³/mol. The fourth-order valence-corrected chi connectivity index (χ4v) is 1.34. The van der Waals surface area contributed by atoms with E-state index in [4.69, 9.17) is 5.11 Å². The molecule has 0 aromatic carbocycles. The van der Waals surface area contributed by atoms with Gasteiger partial charge in [-0.05, 0) is 12.1 Å². The van der Waals surface area contributed by atoms with Gasteiger partial charge in [0.05, 0.1) is 0 Å². The Bertz CT molecular complexity index is 506. The number of carbonyl (C=O) groups is 1. The topological polar surface area (TPSA) is 80.0 Å². The molecule has 2 N–H and O–H groups in total. The van der Waals surface area contributed by atoms with Crippen molar-refractivity contribution in [1.29, 1.82) is 0 Å². The van der Waals surface area contributed by atoms with E-state index in [1.807, 2.05) is 6.07 Å². The lowest BCUT2D eigenvalue weighted by Gasteiger charge is -2.01. The summed E-state index contributed by atoms with van der Waals surface area (Å²) < 4.78 is 1.72. The van der Waals surface area contributed by atoms with E-state index in [-0.39, 0.29) is 6.54 Å². The maximum Gasteiger partial charge on any atom is 0.322 e. The molecule has 78 valence electrons. The van der Waals surface area contributed by atoms with E-state index < -0.39 is 5.97 Å². The maximum atomic E-state index is 10.4. The maximum absolute atomic E-state index is 10.4. The van der Waals surface area contributed by atoms with Crippen LogP contribution in [0.3, 0.4) is 0 Å². The molecule has 2 rings (SSSR count). The van der Waals surface area contributed by atoms with Gasteiger partial charge in [-0.25, -0.2) is 9.97 Å². The average molecular weight is 206 g/mol. The minimum absolute atomic E-state index is 0.156. The van der Waals surface area contributed by atoms with E-state index in [0.717, 1.165) is 11.2 Å². The fraction of sp³-hybridized carbons (Fsp3) is 0.222. The number of nitrogens with zero attached hydrogens (tertiary/aromatic N) is 3. The number of imidazole rings is 1. The van der Waals surface area contributed by atoms with Crippen molar-refractivity contribution in [1.82, 2.24) is 14.5 Å². The first kappa shape index (κ1) is 9.45. The van der Waals surface area contributed by atoms with Crippen molar-refractivity contribution in [2.45, 2.75) is 0 Å². The summed E-state index contributed by atoms with van der Waals surface area (Å²) in [6.07, 6.45) is 1.67. The molecule has 2 aromatic heterocycles. The molecule has 0 bridgehead atoms. The van der Waals surface area contributed by atoms with Gasteiger partial charge < -0.3 is 10.4 Å². The first-order valence-electron chi connectivity index (χ1n) is 4.41. The van der Waals surface area contributed by atoms with Crippen molar-refractivity contribution in [3.8, 4) is 0 Å². The molecule has 0 aliphatic heterocycles. The molecule has 0 unspecified atom stereocenters. The summed E-state index contributed by atoms with van der Waals surface area (Å²) in [6.45, 7) is -0.156. The highest BCUT2D eigenvalue weighted by Crippen LogP contribution is 2.14. The van der Waals surface area contributed by atoms with Gasteiger partial charge in [0.1, 0.15) is 12.1 Å². The van der Waals surface area contributed by atoms with Crippen LogP contribution >= 0.6 is 0 Å². The van der Waals surface area contributed by atoms with Crippen molar-refractivity contribution >= 4 is 23.1 Å². The minimum atomic E-state index is -0.921. The SMILES string of the molecule is Cn1c(NCC(=O)O)nc2cccnc21. The number of carboxylic acids is 1. The van der Waals surface area contributed by atoms with Crippen LogP contribution in [0.2, 0.25) is 0 Å². The van der Waals surface area contributed by atoms with Gasteiger partial charge in [0.25, 0.3) is 0 Å². The Morgan fingerprint density at radius 1 is 1.67 bits per heavy atom. The van der Waals surface area contributed by atoms with Crippen LogP contribution < -0.4 is 5.32 Å². The molecule has 15 heavy (non-hydrogen) atoms. The summed E-state index contributed by atoms with van der Waals surface area (Å²) in [5.74, 6) is -0.416. The molecule has 0 aliphatic carbocycles. The van der Waals surface area contributed by atoms with Crippen LogP contribution in [0, 0.1) is 0 Å². The normalized spacial score (nSPS) is 10.5. The van der Waals surface area contributed by atoms with E-state index in [2.05, 4.69) is 15.3 Å². The lowest BCUT2D eigenvalue weighted by molar-refractivity contribution is -0.134. The summed E-state index contributed by atoms with van der Waals surface area (Å²) >= 11 is 0. The molecule has 2 heterocycles. The van der Waals surface area contributed by atoms with Crippen molar-refractivity contribution in [3.05, 3.63) is 18.3 Å². The molecule has 0 atom stereocenters. The summed E-state index contributed by atoms with van der Waals surface area (Å²) in [7, 11) is 1.78. The van der Waals surface area contributed by atoms with Crippen LogP contribution in [0.5, 0.6) is 0 Å². The van der Waals surface area contributed by atoms with Crippen LogP contribution in [0.4, 0.5) is 5.95 Å². The van der Waals surface area contributed by atoms with Crippen molar-refractivity contribution in [2.75, 3.05) is 11.9 Å². The predicted octanol–water partition coefficient (Wildman–Crippen LogP) is 0.465. The van der Waals surface area contributed by atoms with Crippen LogP contribution in [0.15, 0.2) is 18.3 Å². The standard InChI is InChI=1S/C9H10N4O2/c1-13-8-6(3-2-4-10-8)12-9(13)11-5-7(14)15/h2-4H,5H2,1H3,(H,11,12)(H,14,15). The molecule has 0 radical (unpaired) electrons. The Morgan fingerprint density at radius 3 is 3.13 bits per heavy atom. The number of fused-ring (bicyclic) bond motifs is 1. The smallest absolute Gasteiger partial charge is 0.322 e. The molecule has 0 aliphatic rings. The first-order valence-corrected chi connectivity index (χ1v) is 4.41. The van der Waals surface area contributed by atoms with Crippen LogP contribution in [-0.4, -0.2) is 32.2 Å². The lowest BCUT2D eigenvalue weighted by atomic mass is 10.4. The Hall–Kier alpha value is -2.11. The number of aliphatic carboxylic acids is 1. The number of rotatable bonds is 3. The van der Waals surface area contributed by atoms with E-state index >= 15 is 0 Å². The second kappa shape index (κ2) is 3.56. The third-order valence-electron chi connectivity index (χ3n) is 2.03. The second-order valence-electron chi connectivity index (χ2n) is 3.09. The molecule has 0 saturated carbocycles. The Kier molecular flexibility index (Phi) is 2.24. The number of pyridine rings is 1. The first-order chi connectivity index (χ1) is 7.18. The van der Waals surface area contributed by atoms with E-state index in [9.17, 15) is 4.79 Å². The minimum Gasteiger partial charge on any atom is -0.480 e. The number of hydrogen-bond acceptors (Lipinski definition) is 4. The van der Waals surface area contributed by atoms with Gasteiger partial charge in [0.2, 0.25) is 5.95 Å². The number of carboxylic acid groups (broad SMARTS) is 1. The molecule has 0 fully saturated rings. The lowest BCUT2D eigenvalue weighted by Crippen LogP contribution is -2.14. The zero-order valence-corrected chi connectivity index (χ0v) is 8.14. The molecular weight excluding hydrogens is 196 g/mol. The molecule has 2 aromatic rings. The summed E-state index contributed by atoms with van der Waals surface area (Å²) in [4.78, 5) is 18.7. The number of anilines is 1. The fourth-order valence-electron chi connectivity index (χ4n) is 1.34. The summed E-state index contributed by atoms with van der Waals surface area (Å²) in [6, 6.07) is 3.62. The number of nitrogens with one attached hydrogen (secondary N) is 1. The molecule has 0 saturated heterocycles. The Balaban J connectivity index is 2.36. The number of hydrogen-bond donors (Lipinski definition) is 2. The third-order valence-corrected chi connectivity index (χ3v) is 2.03. The van der Waals surface area contributed by atoms with Crippen LogP contribution in [0.1, 0.15) is 0 Å². The average Bonchev–Trinajstić information content (AvgIpc) is 2.54. The third kappa shape index (κ3) is 1.74. The van der Waals surface area contributed by atoms with Gasteiger partial charge in [0, 0.05) is 13.2 Å². The summed E-state index contributed by atoms with van der Waals surface area (Å²) in [5.41, 5.74) is 1.47. The number of aryl methyl sites for hydroxylation is 1. The van der Waals surface area contributed by atoms with Crippen molar-refractivity contribution in [2.24, 2.45) is 7.05 Å². The zero-order chi connectivity index (χ0) is 10.8.